The smallest absolute Gasteiger partial charge is 0.123 e. The number of thiazole rings is 1. The highest BCUT2D eigenvalue weighted by molar-refractivity contribution is 7.12. The molecule has 1 aromatic carbocycles. The van der Waals surface area contributed by atoms with Crippen LogP contribution in [-0.2, 0) is 13.0 Å². The van der Waals surface area contributed by atoms with Gasteiger partial charge >= 0.3 is 0 Å². The molecule has 0 amide bonds. The third kappa shape index (κ3) is 2.55. The van der Waals surface area contributed by atoms with E-state index in [1.54, 1.807) is 17.4 Å². The normalized spacial score (nSPS) is 13.5. The molecular formula is C15H17FN2S. The van der Waals surface area contributed by atoms with Crippen molar-refractivity contribution in [3.63, 3.8) is 0 Å². The molecule has 0 fully saturated rings. The number of fused-ring (bicyclic) bond motifs is 3. The van der Waals surface area contributed by atoms with Crippen molar-refractivity contribution in [2.75, 3.05) is 0 Å². The Morgan fingerprint density at radius 3 is 2.89 bits per heavy atom. The average molecular weight is 276 g/mol. The summed E-state index contributed by atoms with van der Waals surface area (Å²) in [5.74, 6) is -0.163. The van der Waals surface area contributed by atoms with Crippen LogP contribution in [0.5, 0.6) is 0 Å². The highest BCUT2D eigenvalue weighted by atomic mass is 32.1. The quantitative estimate of drug-likeness (QED) is 0.771. The largest absolute Gasteiger partial charge is 0.306 e. The third-order valence-corrected chi connectivity index (χ3v) is 4.24. The second-order valence-corrected chi connectivity index (χ2v) is 7.13. The number of hydrogen-bond donors (Lipinski definition) is 1. The van der Waals surface area contributed by atoms with Gasteiger partial charge in [-0.1, -0.05) is 0 Å². The van der Waals surface area contributed by atoms with Gasteiger partial charge in [-0.05, 0) is 44.5 Å². The van der Waals surface area contributed by atoms with Gasteiger partial charge in [-0.15, -0.1) is 11.3 Å². The minimum absolute atomic E-state index is 0.0944. The summed E-state index contributed by atoms with van der Waals surface area (Å²) in [6.45, 7) is 7.23. The van der Waals surface area contributed by atoms with E-state index in [9.17, 15) is 4.39 Å². The first-order chi connectivity index (χ1) is 8.92. The second-order valence-electron chi connectivity index (χ2n) is 5.96. The van der Waals surface area contributed by atoms with Gasteiger partial charge in [-0.2, -0.15) is 0 Å². The number of halogens is 1. The molecule has 0 atom stereocenters. The first-order valence-corrected chi connectivity index (χ1v) is 7.26. The van der Waals surface area contributed by atoms with E-state index < -0.39 is 0 Å². The molecular weight excluding hydrogens is 259 g/mol. The van der Waals surface area contributed by atoms with Crippen LogP contribution in [0.3, 0.4) is 0 Å². The molecule has 0 radical (unpaired) electrons. The van der Waals surface area contributed by atoms with Crippen LogP contribution in [0.25, 0.3) is 11.3 Å². The molecule has 0 spiro atoms. The predicted molar refractivity (Wildman–Crippen MR) is 76.9 cm³/mol. The zero-order valence-corrected chi connectivity index (χ0v) is 12.2. The molecule has 1 aliphatic carbocycles. The van der Waals surface area contributed by atoms with E-state index in [1.165, 1.54) is 10.9 Å². The van der Waals surface area contributed by atoms with Crippen LogP contribution in [0.1, 0.15) is 36.2 Å². The zero-order chi connectivity index (χ0) is 13.6. The molecule has 0 bridgehead atoms. The summed E-state index contributed by atoms with van der Waals surface area (Å²) in [5.41, 5.74) is 3.29. The zero-order valence-electron chi connectivity index (χ0n) is 11.4. The molecule has 1 heterocycles. The Balaban J connectivity index is 1.85. The van der Waals surface area contributed by atoms with Crippen molar-refractivity contribution < 1.29 is 4.39 Å². The van der Waals surface area contributed by atoms with E-state index in [-0.39, 0.29) is 11.4 Å². The van der Waals surface area contributed by atoms with Gasteiger partial charge in [-0.25, -0.2) is 9.37 Å². The molecule has 0 saturated heterocycles. The van der Waals surface area contributed by atoms with Gasteiger partial charge in [0.1, 0.15) is 10.8 Å². The van der Waals surface area contributed by atoms with Crippen molar-refractivity contribution >= 4 is 11.3 Å². The monoisotopic (exact) mass is 276 g/mol. The number of hydrogen-bond acceptors (Lipinski definition) is 3. The van der Waals surface area contributed by atoms with E-state index in [0.717, 1.165) is 34.8 Å². The fourth-order valence-corrected chi connectivity index (χ4v) is 3.31. The maximum absolute atomic E-state index is 13.2. The molecule has 4 heteroatoms. The summed E-state index contributed by atoms with van der Waals surface area (Å²) in [4.78, 5) is 5.95. The summed E-state index contributed by atoms with van der Waals surface area (Å²) in [6, 6.07) is 4.98. The number of nitrogens with one attached hydrogen (secondary N) is 1. The molecule has 100 valence electrons. The minimum atomic E-state index is -0.163. The highest BCUT2D eigenvalue weighted by Gasteiger charge is 2.23. The highest BCUT2D eigenvalue weighted by Crippen LogP contribution is 2.39. The Labute approximate surface area is 116 Å². The minimum Gasteiger partial charge on any atom is -0.306 e. The Hall–Kier alpha value is -1.26. The third-order valence-electron chi connectivity index (χ3n) is 3.18. The van der Waals surface area contributed by atoms with E-state index in [0.29, 0.717) is 0 Å². The number of rotatable bonds is 2. The first-order valence-electron chi connectivity index (χ1n) is 6.45. The number of aromatic nitrogens is 1. The standard InChI is InChI=1S/C15H17FN2S/c1-15(2,3)17-8-13-18-14-11-5-4-10(16)6-9(11)7-12(14)19-13/h4-6,17H,7-8H2,1-3H3. The summed E-state index contributed by atoms with van der Waals surface area (Å²) in [7, 11) is 0. The van der Waals surface area contributed by atoms with Gasteiger partial charge in [0.2, 0.25) is 0 Å². The molecule has 2 nitrogen and oxygen atoms in total. The van der Waals surface area contributed by atoms with Crippen LogP contribution in [0.2, 0.25) is 0 Å². The number of benzene rings is 1. The molecule has 0 aliphatic heterocycles. The van der Waals surface area contributed by atoms with Crippen molar-refractivity contribution in [3.05, 3.63) is 39.5 Å². The van der Waals surface area contributed by atoms with E-state index in [2.05, 4.69) is 26.1 Å². The fourth-order valence-electron chi connectivity index (χ4n) is 2.26. The van der Waals surface area contributed by atoms with Gasteiger partial charge < -0.3 is 5.32 Å². The maximum Gasteiger partial charge on any atom is 0.123 e. The van der Waals surface area contributed by atoms with Gasteiger partial charge in [0.15, 0.2) is 0 Å². The lowest BCUT2D eigenvalue weighted by atomic mass is 10.1. The SMILES string of the molecule is CC(C)(C)NCc1nc2c(s1)Cc1cc(F)ccc1-2. The summed E-state index contributed by atoms with van der Waals surface area (Å²) in [6.07, 6.45) is 0.815. The summed E-state index contributed by atoms with van der Waals surface area (Å²) < 4.78 is 13.2. The lowest BCUT2D eigenvalue weighted by Crippen LogP contribution is -2.35. The van der Waals surface area contributed by atoms with E-state index >= 15 is 0 Å². The van der Waals surface area contributed by atoms with Crippen molar-refractivity contribution in [3.8, 4) is 11.3 Å². The Morgan fingerprint density at radius 2 is 2.16 bits per heavy atom. The fraction of sp³-hybridized carbons (Fsp3) is 0.400. The summed E-state index contributed by atoms with van der Waals surface area (Å²) >= 11 is 1.73. The molecule has 1 aromatic heterocycles. The van der Waals surface area contributed by atoms with E-state index in [4.69, 9.17) is 4.98 Å². The molecule has 0 saturated carbocycles. The molecule has 3 rings (SSSR count). The van der Waals surface area contributed by atoms with Crippen LogP contribution < -0.4 is 5.32 Å². The molecule has 1 N–H and O–H groups in total. The maximum atomic E-state index is 13.2. The van der Waals surface area contributed by atoms with Gasteiger partial charge in [0.05, 0.1) is 5.69 Å². The van der Waals surface area contributed by atoms with Gasteiger partial charge in [-0.3, -0.25) is 0 Å². The van der Waals surface area contributed by atoms with E-state index in [1.807, 2.05) is 6.07 Å². The first kappa shape index (κ1) is 12.8. The van der Waals surface area contributed by atoms with Crippen LogP contribution in [0.4, 0.5) is 4.39 Å². The van der Waals surface area contributed by atoms with Crippen LogP contribution in [-0.4, -0.2) is 10.5 Å². The van der Waals surface area contributed by atoms with Crippen molar-refractivity contribution in [1.82, 2.24) is 10.3 Å². The summed E-state index contributed by atoms with van der Waals surface area (Å²) in [5, 5.41) is 4.55. The van der Waals surface area contributed by atoms with Crippen LogP contribution in [0.15, 0.2) is 18.2 Å². The average Bonchev–Trinajstić information content (AvgIpc) is 2.81. The Kier molecular flexibility index (Phi) is 2.95. The Bertz CT molecular complexity index is 626. The lowest BCUT2D eigenvalue weighted by molar-refractivity contribution is 0.424. The Morgan fingerprint density at radius 1 is 1.37 bits per heavy atom. The van der Waals surface area contributed by atoms with Gasteiger partial charge in [0.25, 0.3) is 0 Å². The predicted octanol–water partition coefficient (Wildman–Crippen LogP) is 3.74. The second kappa shape index (κ2) is 4.39. The molecule has 2 aromatic rings. The van der Waals surface area contributed by atoms with Crippen LogP contribution >= 0.6 is 11.3 Å². The molecule has 1 aliphatic rings. The lowest BCUT2D eigenvalue weighted by Gasteiger charge is -2.19. The number of nitrogens with zero attached hydrogens (tertiary/aromatic N) is 1. The van der Waals surface area contributed by atoms with Crippen molar-refractivity contribution in [2.45, 2.75) is 39.3 Å². The van der Waals surface area contributed by atoms with Crippen molar-refractivity contribution in [2.24, 2.45) is 0 Å². The van der Waals surface area contributed by atoms with Gasteiger partial charge in [0, 0.05) is 28.9 Å². The molecule has 19 heavy (non-hydrogen) atoms. The molecule has 0 unspecified atom stereocenters. The topological polar surface area (TPSA) is 24.9 Å². The van der Waals surface area contributed by atoms with Crippen LogP contribution in [0, 0.1) is 5.82 Å². The van der Waals surface area contributed by atoms with Crippen molar-refractivity contribution in [1.29, 1.82) is 0 Å².